The third-order valence-corrected chi connectivity index (χ3v) is 5.61. The monoisotopic (exact) mass is 511 g/mol. The highest BCUT2D eigenvalue weighted by Crippen LogP contribution is 2.32. The summed E-state index contributed by atoms with van der Waals surface area (Å²) in [4.78, 5) is 24.8. The molecule has 5 nitrogen and oxygen atoms in total. The zero-order valence-corrected chi connectivity index (χ0v) is 17.9. The Bertz CT molecular complexity index is 958. The van der Waals surface area contributed by atoms with E-state index >= 15 is 0 Å². The summed E-state index contributed by atoms with van der Waals surface area (Å²) in [7, 11) is 0. The minimum absolute atomic E-state index is 0.225. The predicted molar refractivity (Wildman–Crippen MR) is 118 cm³/mol. The third kappa shape index (κ3) is 4.88. The van der Waals surface area contributed by atoms with Crippen molar-refractivity contribution in [1.29, 1.82) is 0 Å². The number of rotatable bonds is 5. The van der Waals surface area contributed by atoms with Crippen LogP contribution in [0.5, 0.6) is 11.5 Å². The van der Waals surface area contributed by atoms with Crippen LogP contribution in [0.1, 0.15) is 22.8 Å². The Morgan fingerprint density at radius 1 is 1.26 bits per heavy atom. The minimum Gasteiger partial charge on any atom is -0.490 e. The Kier molecular flexibility index (Phi) is 6.51. The highest BCUT2D eigenvalue weighted by Gasteiger charge is 2.22. The van der Waals surface area contributed by atoms with Gasteiger partial charge in [-0.1, -0.05) is 42.2 Å². The fraction of sp³-hybridized carbons (Fsp3) is 0.105. The SMILES string of the molecule is CCOc1cc(/C=C2\SC(=S)NC2=O)ccc1OC(=O)c1ccccc1I. The van der Waals surface area contributed by atoms with Crippen LogP contribution in [0.2, 0.25) is 0 Å². The van der Waals surface area contributed by atoms with Gasteiger partial charge in [-0.25, -0.2) is 4.79 Å². The smallest absolute Gasteiger partial charge is 0.344 e. The van der Waals surface area contributed by atoms with Gasteiger partial charge >= 0.3 is 5.97 Å². The van der Waals surface area contributed by atoms with Gasteiger partial charge in [-0.2, -0.15) is 0 Å². The maximum atomic E-state index is 12.5. The van der Waals surface area contributed by atoms with Gasteiger partial charge < -0.3 is 14.8 Å². The lowest BCUT2D eigenvalue weighted by atomic mass is 10.1. The molecule has 0 spiro atoms. The molecule has 0 atom stereocenters. The molecule has 1 amide bonds. The number of thiocarbonyl (C=S) groups is 1. The first-order valence-corrected chi connectivity index (χ1v) is 10.3. The molecule has 1 fully saturated rings. The Hall–Kier alpha value is -1.91. The van der Waals surface area contributed by atoms with Crippen molar-refractivity contribution in [1.82, 2.24) is 5.32 Å². The number of halogens is 1. The lowest BCUT2D eigenvalue weighted by molar-refractivity contribution is -0.115. The van der Waals surface area contributed by atoms with Gasteiger partial charge in [0.15, 0.2) is 11.5 Å². The molecule has 0 bridgehead atoms. The average Bonchev–Trinajstić information content (AvgIpc) is 2.95. The molecule has 2 aromatic rings. The van der Waals surface area contributed by atoms with E-state index in [1.807, 2.05) is 19.1 Å². The van der Waals surface area contributed by atoms with Crippen LogP contribution in [0.25, 0.3) is 6.08 Å². The maximum Gasteiger partial charge on any atom is 0.344 e. The van der Waals surface area contributed by atoms with Gasteiger partial charge in [0.1, 0.15) is 4.32 Å². The molecule has 0 aliphatic carbocycles. The van der Waals surface area contributed by atoms with Gasteiger partial charge in [0.25, 0.3) is 5.91 Å². The number of hydrogen-bond donors (Lipinski definition) is 1. The van der Waals surface area contributed by atoms with E-state index in [9.17, 15) is 9.59 Å². The second-order valence-electron chi connectivity index (χ2n) is 5.36. The molecule has 138 valence electrons. The van der Waals surface area contributed by atoms with Crippen LogP contribution in [-0.4, -0.2) is 22.8 Å². The van der Waals surface area contributed by atoms with Crippen molar-refractivity contribution in [3.63, 3.8) is 0 Å². The van der Waals surface area contributed by atoms with Gasteiger partial charge in [0.05, 0.1) is 17.1 Å². The molecule has 1 N–H and O–H groups in total. The number of benzene rings is 2. The van der Waals surface area contributed by atoms with E-state index in [0.717, 1.165) is 9.13 Å². The molecule has 3 rings (SSSR count). The van der Waals surface area contributed by atoms with E-state index in [0.29, 0.717) is 32.9 Å². The molecule has 0 saturated carbocycles. The van der Waals surface area contributed by atoms with Gasteiger partial charge in [-0.3, -0.25) is 4.79 Å². The van der Waals surface area contributed by atoms with Crippen molar-refractivity contribution in [3.05, 3.63) is 62.1 Å². The highest BCUT2D eigenvalue weighted by molar-refractivity contribution is 14.1. The molecule has 8 heteroatoms. The van der Waals surface area contributed by atoms with Crippen LogP contribution in [0, 0.1) is 3.57 Å². The Labute approximate surface area is 179 Å². The Balaban J connectivity index is 1.87. The van der Waals surface area contributed by atoms with Crippen molar-refractivity contribution in [3.8, 4) is 11.5 Å². The van der Waals surface area contributed by atoms with Crippen molar-refractivity contribution >= 4 is 68.8 Å². The second-order valence-corrected chi connectivity index (χ2v) is 8.24. The average molecular weight is 511 g/mol. The first kappa shape index (κ1) is 19.8. The summed E-state index contributed by atoms with van der Waals surface area (Å²) in [6.45, 7) is 2.25. The molecule has 1 aliphatic heterocycles. The molecule has 2 aromatic carbocycles. The molecule has 1 aliphatic rings. The van der Waals surface area contributed by atoms with Crippen LogP contribution >= 0.6 is 46.6 Å². The number of amides is 1. The zero-order chi connectivity index (χ0) is 19.4. The molecule has 0 radical (unpaired) electrons. The van der Waals surface area contributed by atoms with Crippen molar-refractivity contribution in [2.45, 2.75) is 6.92 Å². The molecule has 1 heterocycles. The number of carbonyl (C=O) groups is 2. The first-order chi connectivity index (χ1) is 13.0. The number of esters is 1. The normalized spacial score (nSPS) is 15.0. The largest absolute Gasteiger partial charge is 0.490 e. The quantitative estimate of drug-likeness (QED) is 0.211. The number of ether oxygens (including phenoxy) is 2. The van der Waals surface area contributed by atoms with Gasteiger partial charge in [-0.05, 0) is 65.4 Å². The Morgan fingerprint density at radius 2 is 2.04 bits per heavy atom. The fourth-order valence-electron chi connectivity index (χ4n) is 2.32. The van der Waals surface area contributed by atoms with Crippen LogP contribution in [0.3, 0.4) is 0 Å². The third-order valence-electron chi connectivity index (χ3n) is 3.50. The molecule has 1 saturated heterocycles. The summed E-state index contributed by atoms with van der Waals surface area (Å²) < 4.78 is 12.4. The van der Waals surface area contributed by atoms with Crippen LogP contribution in [0.15, 0.2) is 47.4 Å². The number of nitrogens with one attached hydrogen (secondary N) is 1. The lowest BCUT2D eigenvalue weighted by Gasteiger charge is -2.12. The van der Waals surface area contributed by atoms with Gasteiger partial charge in [0.2, 0.25) is 0 Å². The highest BCUT2D eigenvalue weighted by atomic mass is 127. The lowest BCUT2D eigenvalue weighted by Crippen LogP contribution is -2.17. The fourth-order valence-corrected chi connectivity index (χ4v) is 3.97. The molecular weight excluding hydrogens is 497 g/mol. The van der Waals surface area contributed by atoms with Crippen molar-refractivity contribution in [2.75, 3.05) is 6.61 Å². The first-order valence-electron chi connectivity index (χ1n) is 7.96. The summed E-state index contributed by atoms with van der Waals surface area (Å²) in [5, 5.41) is 2.57. The molecule has 0 aromatic heterocycles. The number of hydrogen-bond acceptors (Lipinski definition) is 6. The van der Waals surface area contributed by atoms with Gasteiger partial charge in [0, 0.05) is 3.57 Å². The van der Waals surface area contributed by atoms with E-state index in [-0.39, 0.29) is 5.91 Å². The van der Waals surface area contributed by atoms with E-state index in [4.69, 9.17) is 21.7 Å². The summed E-state index contributed by atoms with van der Waals surface area (Å²) in [6.07, 6.45) is 1.72. The second kappa shape index (κ2) is 8.85. The van der Waals surface area contributed by atoms with Crippen molar-refractivity contribution in [2.24, 2.45) is 0 Å². The zero-order valence-electron chi connectivity index (χ0n) is 14.2. The predicted octanol–water partition coefficient (Wildman–Crippen LogP) is 4.40. The van der Waals surface area contributed by atoms with E-state index < -0.39 is 5.97 Å². The standard InChI is InChI=1S/C19H14INO4S2/c1-2-24-15-9-11(10-16-17(22)21-19(26)27-16)7-8-14(15)25-18(23)12-5-3-4-6-13(12)20/h3-10H,2H2,1H3,(H,21,22,26)/b16-10-. The minimum atomic E-state index is -0.455. The van der Waals surface area contributed by atoms with Crippen LogP contribution in [-0.2, 0) is 4.79 Å². The topological polar surface area (TPSA) is 64.6 Å². The maximum absolute atomic E-state index is 12.5. The summed E-state index contributed by atoms with van der Waals surface area (Å²) in [5.41, 5.74) is 1.23. The van der Waals surface area contributed by atoms with Crippen LogP contribution in [0.4, 0.5) is 0 Å². The van der Waals surface area contributed by atoms with Crippen molar-refractivity contribution < 1.29 is 19.1 Å². The summed E-state index contributed by atoms with van der Waals surface area (Å²) in [5.74, 6) is 0.0695. The van der Waals surface area contributed by atoms with Gasteiger partial charge in [-0.15, -0.1) is 0 Å². The summed E-state index contributed by atoms with van der Waals surface area (Å²) >= 11 is 8.29. The molecule has 27 heavy (non-hydrogen) atoms. The molecule has 0 unspecified atom stereocenters. The number of thioether (sulfide) groups is 1. The molecular formula is C19H14INO4S2. The number of carbonyl (C=O) groups excluding carboxylic acids is 2. The summed E-state index contributed by atoms with van der Waals surface area (Å²) in [6, 6.07) is 12.3. The van der Waals surface area contributed by atoms with E-state index in [1.54, 1.807) is 36.4 Å². The van der Waals surface area contributed by atoms with E-state index in [1.165, 1.54) is 11.8 Å². The van der Waals surface area contributed by atoms with Crippen LogP contribution < -0.4 is 14.8 Å². The Morgan fingerprint density at radius 3 is 2.70 bits per heavy atom. The van der Waals surface area contributed by atoms with E-state index in [2.05, 4.69) is 27.9 Å².